The number of likely N-dealkylation sites (tertiary alicyclic amines) is 1. The first-order chi connectivity index (χ1) is 15.5. The molecule has 1 saturated heterocycles. The van der Waals surface area contributed by atoms with Gasteiger partial charge in [0.15, 0.2) is 6.10 Å². The number of benzene rings is 1. The van der Waals surface area contributed by atoms with Crippen molar-refractivity contribution in [3.8, 4) is 16.9 Å². The maximum absolute atomic E-state index is 13.2. The minimum Gasteiger partial charge on any atom is -0.449 e. The molecule has 3 aromatic rings. The van der Waals surface area contributed by atoms with Crippen molar-refractivity contribution >= 4 is 11.9 Å². The fourth-order valence-corrected chi connectivity index (χ4v) is 4.29. The Hall–Kier alpha value is -3.48. The van der Waals surface area contributed by atoms with Crippen LogP contribution in [0.2, 0.25) is 0 Å². The highest BCUT2D eigenvalue weighted by atomic mass is 16.5. The van der Waals surface area contributed by atoms with E-state index in [1.807, 2.05) is 55.1 Å². The van der Waals surface area contributed by atoms with Crippen LogP contribution in [0.3, 0.4) is 0 Å². The second-order valence-corrected chi connectivity index (χ2v) is 8.34. The van der Waals surface area contributed by atoms with Crippen molar-refractivity contribution in [3.63, 3.8) is 0 Å². The Bertz CT molecular complexity index is 1070. The van der Waals surface area contributed by atoms with Crippen LogP contribution in [0.5, 0.6) is 0 Å². The molecule has 3 atom stereocenters. The van der Waals surface area contributed by atoms with Crippen molar-refractivity contribution < 1.29 is 14.3 Å². The highest BCUT2D eigenvalue weighted by Crippen LogP contribution is 2.26. The summed E-state index contributed by atoms with van der Waals surface area (Å²) < 4.78 is 7.29. The minimum absolute atomic E-state index is 0.138. The summed E-state index contributed by atoms with van der Waals surface area (Å²) in [4.78, 5) is 32.3. The fourth-order valence-electron chi connectivity index (χ4n) is 4.29. The molecular weight excluding hydrogens is 404 g/mol. The Labute approximate surface area is 188 Å². The molecule has 0 unspecified atom stereocenters. The van der Waals surface area contributed by atoms with Gasteiger partial charge < -0.3 is 9.64 Å². The molecule has 7 heteroatoms. The number of nitrogens with zero attached hydrogens (tertiary/aromatic N) is 4. The second kappa shape index (κ2) is 9.34. The number of pyridine rings is 1. The van der Waals surface area contributed by atoms with Gasteiger partial charge in [-0.25, -0.2) is 9.48 Å². The van der Waals surface area contributed by atoms with Crippen LogP contribution in [0.15, 0.2) is 61.1 Å². The van der Waals surface area contributed by atoms with Crippen molar-refractivity contribution in [1.29, 1.82) is 0 Å². The molecule has 4 rings (SSSR count). The van der Waals surface area contributed by atoms with Gasteiger partial charge in [0.25, 0.3) is 5.91 Å². The Balaban J connectivity index is 1.61. The van der Waals surface area contributed by atoms with Gasteiger partial charge in [-0.05, 0) is 64.3 Å². The second-order valence-electron chi connectivity index (χ2n) is 8.34. The summed E-state index contributed by atoms with van der Waals surface area (Å²) in [7, 11) is 0. The smallest absolute Gasteiger partial charge is 0.342 e. The standard InChI is InChI=1S/C25H28N4O3/c1-17-9-7-10-18(2)29(17)24(30)19(3)32-25(31)22-16-28(21-12-5-4-6-13-21)27-23(22)20-11-8-14-26-15-20/h4-6,8,11-19H,7,9-10H2,1-3H3/t17-,18-,19-/m0/s1. The first-order valence-electron chi connectivity index (χ1n) is 11.0. The normalized spacial score (nSPS) is 19.4. The molecule has 0 saturated carbocycles. The molecule has 0 spiro atoms. The molecule has 3 heterocycles. The average molecular weight is 433 g/mol. The van der Waals surface area contributed by atoms with E-state index in [0.29, 0.717) is 16.8 Å². The summed E-state index contributed by atoms with van der Waals surface area (Å²) in [6.45, 7) is 5.73. The Morgan fingerprint density at radius 2 is 1.78 bits per heavy atom. The van der Waals surface area contributed by atoms with Gasteiger partial charge in [-0.15, -0.1) is 0 Å². The molecule has 7 nitrogen and oxygen atoms in total. The molecule has 32 heavy (non-hydrogen) atoms. The van der Waals surface area contributed by atoms with E-state index in [4.69, 9.17) is 4.74 Å². The largest absolute Gasteiger partial charge is 0.449 e. The van der Waals surface area contributed by atoms with E-state index in [2.05, 4.69) is 10.1 Å². The summed E-state index contributed by atoms with van der Waals surface area (Å²) in [5, 5.41) is 4.62. The van der Waals surface area contributed by atoms with Crippen molar-refractivity contribution in [2.45, 2.75) is 58.2 Å². The third-order valence-corrected chi connectivity index (χ3v) is 5.97. The SMILES string of the molecule is C[C@H](OC(=O)c1cn(-c2ccccc2)nc1-c1cccnc1)C(=O)N1[C@@H](C)CCC[C@@H]1C. The van der Waals surface area contributed by atoms with Gasteiger partial charge in [0.1, 0.15) is 11.3 Å². The van der Waals surface area contributed by atoms with Crippen LogP contribution in [-0.2, 0) is 9.53 Å². The summed E-state index contributed by atoms with van der Waals surface area (Å²) in [5.41, 5.74) is 2.27. The predicted molar refractivity (Wildman–Crippen MR) is 121 cm³/mol. The number of carbonyl (C=O) groups excluding carboxylic acids is 2. The number of amides is 1. The lowest BCUT2D eigenvalue weighted by Gasteiger charge is -2.40. The highest BCUT2D eigenvalue weighted by Gasteiger charge is 2.34. The summed E-state index contributed by atoms with van der Waals surface area (Å²) >= 11 is 0. The molecule has 0 bridgehead atoms. The zero-order valence-electron chi connectivity index (χ0n) is 18.6. The van der Waals surface area contributed by atoms with Gasteiger partial charge in [-0.3, -0.25) is 9.78 Å². The Morgan fingerprint density at radius 1 is 1.06 bits per heavy atom. The quantitative estimate of drug-likeness (QED) is 0.563. The number of piperidine rings is 1. The van der Waals surface area contributed by atoms with Crippen LogP contribution in [0, 0.1) is 0 Å². The number of rotatable bonds is 5. The van der Waals surface area contributed by atoms with E-state index in [1.165, 1.54) is 0 Å². The van der Waals surface area contributed by atoms with Gasteiger partial charge in [-0.1, -0.05) is 18.2 Å². The van der Waals surface area contributed by atoms with E-state index >= 15 is 0 Å². The van der Waals surface area contributed by atoms with Crippen LogP contribution >= 0.6 is 0 Å². The van der Waals surface area contributed by atoms with Crippen molar-refractivity contribution in [2.75, 3.05) is 0 Å². The molecule has 2 aromatic heterocycles. The number of para-hydroxylation sites is 1. The lowest BCUT2D eigenvalue weighted by molar-refractivity contribution is -0.146. The van der Waals surface area contributed by atoms with E-state index in [9.17, 15) is 9.59 Å². The zero-order valence-corrected chi connectivity index (χ0v) is 18.6. The van der Waals surface area contributed by atoms with Crippen molar-refractivity contribution in [3.05, 3.63) is 66.6 Å². The van der Waals surface area contributed by atoms with Gasteiger partial charge >= 0.3 is 5.97 Å². The van der Waals surface area contributed by atoms with E-state index in [0.717, 1.165) is 24.9 Å². The summed E-state index contributed by atoms with van der Waals surface area (Å²) in [6, 6.07) is 13.4. The lowest BCUT2D eigenvalue weighted by atomic mass is 9.97. The van der Waals surface area contributed by atoms with Crippen molar-refractivity contribution in [2.24, 2.45) is 0 Å². The van der Waals surface area contributed by atoms with Crippen LogP contribution in [-0.4, -0.2) is 49.7 Å². The fraction of sp³-hybridized carbons (Fsp3) is 0.360. The summed E-state index contributed by atoms with van der Waals surface area (Å²) in [6.07, 6.45) is 7.11. The first-order valence-corrected chi connectivity index (χ1v) is 11.0. The number of carbonyl (C=O) groups is 2. The molecule has 1 aromatic carbocycles. The molecule has 1 aliphatic rings. The number of esters is 1. The molecule has 0 radical (unpaired) electrons. The first kappa shape index (κ1) is 21.7. The van der Waals surface area contributed by atoms with Crippen LogP contribution in [0.4, 0.5) is 0 Å². The third kappa shape index (κ3) is 4.42. The van der Waals surface area contributed by atoms with Gasteiger partial charge in [0, 0.05) is 36.2 Å². The monoisotopic (exact) mass is 432 g/mol. The zero-order chi connectivity index (χ0) is 22.7. The number of hydrogen-bond donors (Lipinski definition) is 0. The molecule has 0 aliphatic carbocycles. The van der Waals surface area contributed by atoms with Crippen LogP contribution in [0.25, 0.3) is 16.9 Å². The molecule has 0 N–H and O–H groups in total. The number of aromatic nitrogens is 3. The van der Waals surface area contributed by atoms with Crippen molar-refractivity contribution in [1.82, 2.24) is 19.7 Å². The van der Waals surface area contributed by atoms with E-state index in [1.54, 1.807) is 36.3 Å². The van der Waals surface area contributed by atoms with Crippen LogP contribution < -0.4 is 0 Å². The Kier molecular flexibility index (Phi) is 6.35. The highest BCUT2D eigenvalue weighted by molar-refractivity contribution is 5.97. The maximum Gasteiger partial charge on any atom is 0.342 e. The van der Waals surface area contributed by atoms with Crippen LogP contribution in [0.1, 0.15) is 50.4 Å². The van der Waals surface area contributed by atoms with E-state index in [-0.39, 0.29) is 18.0 Å². The number of hydrogen-bond acceptors (Lipinski definition) is 5. The van der Waals surface area contributed by atoms with Gasteiger partial charge in [-0.2, -0.15) is 5.10 Å². The maximum atomic E-state index is 13.2. The number of ether oxygens (including phenoxy) is 1. The van der Waals surface area contributed by atoms with Gasteiger partial charge in [0.05, 0.1) is 5.69 Å². The minimum atomic E-state index is -0.882. The topological polar surface area (TPSA) is 77.3 Å². The summed E-state index contributed by atoms with van der Waals surface area (Å²) in [5.74, 6) is -0.736. The Morgan fingerprint density at radius 3 is 2.44 bits per heavy atom. The molecule has 1 amide bonds. The van der Waals surface area contributed by atoms with E-state index < -0.39 is 12.1 Å². The molecule has 166 valence electrons. The third-order valence-electron chi connectivity index (χ3n) is 5.97. The van der Waals surface area contributed by atoms with Gasteiger partial charge in [0.2, 0.25) is 0 Å². The predicted octanol–water partition coefficient (Wildman–Crippen LogP) is 4.27. The molecule has 1 aliphatic heterocycles. The lowest BCUT2D eigenvalue weighted by Crippen LogP contribution is -2.51. The average Bonchev–Trinajstić information content (AvgIpc) is 3.26. The molecule has 1 fully saturated rings. The molecular formula is C25H28N4O3.